The lowest BCUT2D eigenvalue weighted by Gasteiger charge is -2.24. The maximum Gasteiger partial charge on any atom is 0.104 e. The summed E-state index contributed by atoms with van der Waals surface area (Å²) >= 11 is 0. The lowest BCUT2D eigenvalue weighted by atomic mass is 10.1. The summed E-state index contributed by atoms with van der Waals surface area (Å²) in [7, 11) is 4.22. The first-order valence-corrected chi connectivity index (χ1v) is 7.82. The standard InChI is InChI=1S/C19H23N3/c1-5-18(21(3)4)22-17-12-11-14(2)13-16(17)19(20-22)15-9-7-6-8-10-15/h6-13,18H,5H2,1-4H3. The highest BCUT2D eigenvalue weighted by Crippen LogP contribution is 2.31. The van der Waals surface area contributed by atoms with Crippen molar-refractivity contribution in [1.82, 2.24) is 14.7 Å². The zero-order valence-electron chi connectivity index (χ0n) is 13.7. The van der Waals surface area contributed by atoms with Gasteiger partial charge in [0.2, 0.25) is 0 Å². The normalized spacial score (nSPS) is 13.0. The molecule has 3 nitrogen and oxygen atoms in total. The molecule has 3 heteroatoms. The van der Waals surface area contributed by atoms with Crippen LogP contribution < -0.4 is 0 Å². The third kappa shape index (κ3) is 2.53. The Kier molecular flexibility index (Phi) is 3.99. The summed E-state index contributed by atoms with van der Waals surface area (Å²) in [6, 6.07) is 17.0. The van der Waals surface area contributed by atoms with E-state index in [0.717, 1.165) is 12.1 Å². The quantitative estimate of drug-likeness (QED) is 0.707. The molecule has 0 radical (unpaired) electrons. The second kappa shape index (κ2) is 5.93. The van der Waals surface area contributed by atoms with Crippen molar-refractivity contribution in [3.05, 3.63) is 54.1 Å². The molecule has 0 spiro atoms. The van der Waals surface area contributed by atoms with E-state index in [1.165, 1.54) is 22.0 Å². The number of aryl methyl sites for hydroxylation is 1. The van der Waals surface area contributed by atoms with Crippen LogP contribution in [0, 0.1) is 6.92 Å². The maximum absolute atomic E-state index is 4.97. The number of fused-ring (bicyclic) bond motifs is 1. The zero-order valence-corrected chi connectivity index (χ0v) is 13.7. The SMILES string of the molecule is CCC(N(C)C)n1nc(-c2ccccc2)c2cc(C)ccc21. The Labute approximate surface area is 132 Å². The van der Waals surface area contributed by atoms with Crippen LogP contribution in [0.4, 0.5) is 0 Å². The Morgan fingerprint density at radius 2 is 1.82 bits per heavy atom. The monoisotopic (exact) mass is 293 g/mol. The van der Waals surface area contributed by atoms with Gasteiger partial charge in [-0.2, -0.15) is 5.10 Å². The summed E-state index contributed by atoms with van der Waals surface area (Å²) < 4.78 is 2.16. The Morgan fingerprint density at radius 3 is 2.45 bits per heavy atom. The molecule has 1 heterocycles. The molecule has 0 aliphatic carbocycles. The summed E-state index contributed by atoms with van der Waals surface area (Å²) in [5.74, 6) is 0. The minimum Gasteiger partial charge on any atom is -0.288 e. The van der Waals surface area contributed by atoms with Gasteiger partial charge in [0.05, 0.1) is 5.52 Å². The van der Waals surface area contributed by atoms with Gasteiger partial charge < -0.3 is 0 Å². The van der Waals surface area contributed by atoms with E-state index in [1.807, 2.05) is 6.07 Å². The number of hydrogen-bond donors (Lipinski definition) is 0. The molecule has 0 amide bonds. The Bertz CT molecular complexity index is 772. The average Bonchev–Trinajstić information content (AvgIpc) is 2.87. The van der Waals surface area contributed by atoms with Gasteiger partial charge in [-0.05, 0) is 39.6 Å². The van der Waals surface area contributed by atoms with Crippen molar-refractivity contribution in [2.75, 3.05) is 14.1 Å². The van der Waals surface area contributed by atoms with Crippen molar-refractivity contribution in [2.24, 2.45) is 0 Å². The zero-order chi connectivity index (χ0) is 15.7. The van der Waals surface area contributed by atoms with E-state index in [9.17, 15) is 0 Å². The molecule has 0 aliphatic heterocycles. The molecule has 0 N–H and O–H groups in total. The first kappa shape index (κ1) is 14.8. The lowest BCUT2D eigenvalue weighted by Crippen LogP contribution is -2.25. The van der Waals surface area contributed by atoms with Gasteiger partial charge in [0.15, 0.2) is 0 Å². The predicted molar refractivity (Wildman–Crippen MR) is 92.9 cm³/mol. The summed E-state index contributed by atoms with van der Waals surface area (Å²) in [6.45, 7) is 4.34. The van der Waals surface area contributed by atoms with Gasteiger partial charge in [-0.25, -0.2) is 4.68 Å². The molecule has 0 saturated heterocycles. The summed E-state index contributed by atoms with van der Waals surface area (Å²) in [4.78, 5) is 2.22. The lowest BCUT2D eigenvalue weighted by molar-refractivity contribution is 0.199. The average molecular weight is 293 g/mol. The van der Waals surface area contributed by atoms with E-state index in [0.29, 0.717) is 0 Å². The molecule has 0 bridgehead atoms. The van der Waals surface area contributed by atoms with Crippen LogP contribution in [0.25, 0.3) is 22.2 Å². The van der Waals surface area contributed by atoms with Crippen molar-refractivity contribution in [1.29, 1.82) is 0 Å². The fraction of sp³-hybridized carbons (Fsp3) is 0.316. The van der Waals surface area contributed by atoms with Gasteiger partial charge in [0.25, 0.3) is 0 Å². The van der Waals surface area contributed by atoms with Crippen molar-refractivity contribution in [3.8, 4) is 11.3 Å². The molecular weight excluding hydrogens is 270 g/mol. The van der Waals surface area contributed by atoms with Gasteiger partial charge in [0.1, 0.15) is 11.9 Å². The molecule has 1 atom stereocenters. The summed E-state index contributed by atoms with van der Waals surface area (Å²) in [5.41, 5.74) is 4.71. The van der Waals surface area contributed by atoms with Crippen LogP contribution in [0.5, 0.6) is 0 Å². The second-order valence-corrected chi connectivity index (χ2v) is 6.03. The van der Waals surface area contributed by atoms with E-state index in [4.69, 9.17) is 5.10 Å². The minimum absolute atomic E-state index is 0.266. The molecule has 0 saturated carbocycles. The van der Waals surface area contributed by atoms with Gasteiger partial charge in [-0.15, -0.1) is 0 Å². The Hall–Kier alpha value is -2.13. The molecular formula is C19H23N3. The van der Waals surface area contributed by atoms with Gasteiger partial charge in [-0.3, -0.25) is 4.90 Å². The molecule has 3 rings (SSSR count). The first-order valence-electron chi connectivity index (χ1n) is 7.82. The molecule has 1 unspecified atom stereocenters. The molecule has 22 heavy (non-hydrogen) atoms. The fourth-order valence-electron chi connectivity index (χ4n) is 3.05. The highest BCUT2D eigenvalue weighted by molar-refractivity contribution is 5.93. The number of hydrogen-bond acceptors (Lipinski definition) is 2. The van der Waals surface area contributed by atoms with Crippen LogP contribution >= 0.6 is 0 Å². The molecule has 1 aromatic heterocycles. The largest absolute Gasteiger partial charge is 0.288 e. The summed E-state index contributed by atoms with van der Waals surface area (Å²) in [5, 5.41) is 6.20. The fourth-order valence-corrected chi connectivity index (χ4v) is 3.05. The van der Waals surface area contributed by atoms with Crippen LogP contribution in [0.3, 0.4) is 0 Å². The van der Waals surface area contributed by atoms with Crippen molar-refractivity contribution < 1.29 is 0 Å². The van der Waals surface area contributed by atoms with E-state index < -0.39 is 0 Å². The molecule has 2 aromatic carbocycles. The van der Waals surface area contributed by atoms with Crippen molar-refractivity contribution in [2.45, 2.75) is 26.4 Å². The highest BCUT2D eigenvalue weighted by Gasteiger charge is 2.19. The van der Waals surface area contributed by atoms with Crippen LogP contribution in [-0.4, -0.2) is 28.8 Å². The van der Waals surface area contributed by atoms with Crippen LogP contribution in [0.2, 0.25) is 0 Å². The number of nitrogens with zero attached hydrogens (tertiary/aromatic N) is 3. The number of rotatable bonds is 4. The Morgan fingerprint density at radius 1 is 1.09 bits per heavy atom. The van der Waals surface area contributed by atoms with Crippen molar-refractivity contribution >= 4 is 10.9 Å². The molecule has 0 aliphatic rings. The second-order valence-electron chi connectivity index (χ2n) is 6.03. The van der Waals surface area contributed by atoms with Crippen LogP contribution in [-0.2, 0) is 0 Å². The van der Waals surface area contributed by atoms with Crippen LogP contribution in [0.1, 0.15) is 25.1 Å². The highest BCUT2D eigenvalue weighted by atomic mass is 15.4. The number of aromatic nitrogens is 2. The summed E-state index contributed by atoms with van der Waals surface area (Å²) in [6.07, 6.45) is 1.29. The third-order valence-corrected chi connectivity index (χ3v) is 4.15. The number of benzene rings is 2. The van der Waals surface area contributed by atoms with Gasteiger partial charge in [0, 0.05) is 10.9 Å². The van der Waals surface area contributed by atoms with E-state index in [-0.39, 0.29) is 6.17 Å². The molecule has 114 valence electrons. The molecule has 3 aromatic rings. The van der Waals surface area contributed by atoms with Gasteiger partial charge >= 0.3 is 0 Å². The first-order chi connectivity index (χ1) is 10.6. The van der Waals surface area contributed by atoms with Gasteiger partial charge in [-0.1, -0.05) is 48.9 Å². The Balaban J connectivity index is 2.27. The predicted octanol–water partition coefficient (Wildman–Crippen LogP) is 4.48. The van der Waals surface area contributed by atoms with Crippen LogP contribution in [0.15, 0.2) is 48.5 Å². The maximum atomic E-state index is 4.97. The topological polar surface area (TPSA) is 21.1 Å². The van der Waals surface area contributed by atoms with E-state index in [2.05, 4.69) is 80.0 Å². The van der Waals surface area contributed by atoms with E-state index >= 15 is 0 Å². The minimum atomic E-state index is 0.266. The van der Waals surface area contributed by atoms with Crippen molar-refractivity contribution in [3.63, 3.8) is 0 Å². The third-order valence-electron chi connectivity index (χ3n) is 4.15. The smallest absolute Gasteiger partial charge is 0.104 e. The van der Waals surface area contributed by atoms with E-state index in [1.54, 1.807) is 0 Å². The molecule has 0 fully saturated rings.